The maximum Gasteiger partial charge on any atom is 0.490 e. The van der Waals surface area contributed by atoms with Crippen LogP contribution in [0.4, 0.5) is 0 Å². The molecule has 1 aromatic carbocycles. The minimum absolute atomic E-state index is 0.295. The highest BCUT2D eigenvalue weighted by molar-refractivity contribution is 9.10. The van der Waals surface area contributed by atoms with Gasteiger partial charge < -0.3 is 19.5 Å². The molecular weight excluding hydrogens is 337 g/mol. The predicted molar refractivity (Wildman–Crippen MR) is 81.7 cm³/mol. The van der Waals surface area contributed by atoms with Gasteiger partial charge in [0.25, 0.3) is 0 Å². The van der Waals surface area contributed by atoms with Crippen molar-refractivity contribution < 1.29 is 19.5 Å². The van der Waals surface area contributed by atoms with E-state index < -0.39 is 7.12 Å². The van der Waals surface area contributed by atoms with Crippen molar-refractivity contribution in [2.75, 3.05) is 6.61 Å². The van der Waals surface area contributed by atoms with Gasteiger partial charge in [0.1, 0.15) is 18.1 Å². The molecule has 0 aliphatic carbocycles. The van der Waals surface area contributed by atoms with E-state index in [9.17, 15) is 0 Å². The summed E-state index contributed by atoms with van der Waals surface area (Å²) in [5.41, 5.74) is 2.41. The van der Waals surface area contributed by atoms with Crippen LogP contribution in [0.1, 0.15) is 11.1 Å². The highest BCUT2D eigenvalue weighted by atomic mass is 79.9. The van der Waals surface area contributed by atoms with Crippen LogP contribution < -0.4 is 14.9 Å². The molecule has 0 saturated heterocycles. The molecule has 1 aromatic heterocycles. The predicted octanol–water partition coefficient (Wildman–Crippen LogP) is 1.04. The SMILES string of the molecule is OB(O)c1cncc(OCc2cc(Br)cc3c2OCC3)c1. The van der Waals surface area contributed by atoms with Crippen molar-refractivity contribution in [3.63, 3.8) is 0 Å². The summed E-state index contributed by atoms with van der Waals surface area (Å²) in [6.45, 7) is 1.01. The third-order valence-electron chi connectivity index (χ3n) is 3.25. The summed E-state index contributed by atoms with van der Waals surface area (Å²) < 4.78 is 12.3. The molecule has 21 heavy (non-hydrogen) atoms. The van der Waals surface area contributed by atoms with Crippen LogP contribution in [-0.2, 0) is 13.0 Å². The molecule has 108 valence electrons. The van der Waals surface area contributed by atoms with E-state index in [1.807, 2.05) is 6.07 Å². The van der Waals surface area contributed by atoms with Gasteiger partial charge in [-0.1, -0.05) is 15.9 Å². The summed E-state index contributed by atoms with van der Waals surface area (Å²) in [6, 6.07) is 5.56. The lowest BCUT2D eigenvalue weighted by molar-refractivity contribution is 0.291. The number of pyridine rings is 1. The molecule has 0 radical (unpaired) electrons. The molecule has 2 N–H and O–H groups in total. The van der Waals surface area contributed by atoms with Gasteiger partial charge in [0.2, 0.25) is 0 Å². The lowest BCUT2D eigenvalue weighted by Gasteiger charge is -2.11. The summed E-state index contributed by atoms with van der Waals surface area (Å²) in [5, 5.41) is 18.3. The van der Waals surface area contributed by atoms with Crippen molar-refractivity contribution in [3.05, 3.63) is 46.2 Å². The first-order valence-corrected chi connectivity index (χ1v) is 7.31. The smallest absolute Gasteiger partial charge is 0.490 e. The number of ether oxygens (including phenoxy) is 2. The molecule has 1 aliphatic heterocycles. The first-order chi connectivity index (χ1) is 10.1. The summed E-state index contributed by atoms with van der Waals surface area (Å²) in [5.74, 6) is 1.36. The molecule has 0 atom stereocenters. The zero-order chi connectivity index (χ0) is 14.8. The van der Waals surface area contributed by atoms with Gasteiger partial charge >= 0.3 is 7.12 Å². The van der Waals surface area contributed by atoms with Crippen LogP contribution in [0.3, 0.4) is 0 Å². The van der Waals surface area contributed by atoms with Crippen molar-refractivity contribution in [1.82, 2.24) is 4.98 Å². The second-order valence-corrected chi connectivity index (χ2v) is 5.68. The average molecular weight is 350 g/mol. The van der Waals surface area contributed by atoms with Crippen LogP contribution in [0.25, 0.3) is 0 Å². The Morgan fingerprint density at radius 3 is 2.95 bits per heavy atom. The van der Waals surface area contributed by atoms with Gasteiger partial charge in [-0.3, -0.25) is 4.98 Å². The number of aromatic nitrogens is 1. The third kappa shape index (κ3) is 3.20. The van der Waals surface area contributed by atoms with Crippen LogP contribution in [0.5, 0.6) is 11.5 Å². The highest BCUT2D eigenvalue weighted by Gasteiger charge is 2.18. The molecule has 2 aromatic rings. The van der Waals surface area contributed by atoms with E-state index in [1.54, 1.807) is 6.07 Å². The number of benzene rings is 1. The summed E-state index contributed by atoms with van der Waals surface area (Å²) >= 11 is 3.48. The molecule has 5 nitrogen and oxygen atoms in total. The first kappa shape index (κ1) is 14.4. The topological polar surface area (TPSA) is 71.8 Å². The average Bonchev–Trinajstić information content (AvgIpc) is 2.93. The third-order valence-corrected chi connectivity index (χ3v) is 3.71. The van der Waals surface area contributed by atoms with Crippen molar-refractivity contribution >= 4 is 28.5 Å². The van der Waals surface area contributed by atoms with Gasteiger partial charge in [-0.05, 0) is 23.8 Å². The number of fused-ring (bicyclic) bond motifs is 1. The summed E-state index contributed by atoms with van der Waals surface area (Å²) in [4.78, 5) is 3.92. The summed E-state index contributed by atoms with van der Waals surface area (Å²) in [6.07, 6.45) is 3.82. The fraction of sp³-hybridized carbons (Fsp3) is 0.214. The number of hydrogen-bond acceptors (Lipinski definition) is 5. The maximum atomic E-state index is 9.13. The first-order valence-electron chi connectivity index (χ1n) is 6.51. The van der Waals surface area contributed by atoms with Crippen LogP contribution in [0.2, 0.25) is 0 Å². The fourth-order valence-electron chi connectivity index (χ4n) is 2.27. The molecule has 0 bridgehead atoms. The van der Waals surface area contributed by atoms with Gasteiger partial charge in [-0.2, -0.15) is 0 Å². The zero-order valence-corrected chi connectivity index (χ0v) is 12.7. The second-order valence-electron chi connectivity index (χ2n) is 4.77. The quantitative estimate of drug-likeness (QED) is 0.807. The van der Waals surface area contributed by atoms with Gasteiger partial charge in [0.15, 0.2) is 0 Å². The van der Waals surface area contributed by atoms with Gasteiger partial charge in [0.05, 0.1) is 12.8 Å². The minimum atomic E-state index is -1.56. The van der Waals surface area contributed by atoms with E-state index >= 15 is 0 Å². The fourth-order valence-corrected chi connectivity index (χ4v) is 2.82. The zero-order valence-electron chi connectivity index (χ0n) is 11.1. The lowest BCUT2D eigenvalue weighted by atomic mass is 9.82. The second kappa shape index (κ2) is 6.05. The Hall–Kier alpha value is -1.57. The highest BCUT2D eigenvalue weighted by Crippen LogP contribution is 2.33. The van der Waals surface area contributed by atoms with E-state index in [-0.39, 0.29) is 0 Å². The standard InChI is InChI=1S/C14H13BBrNO4/c16-12-3-9-1-2-20-14(9)10(4-12)8-21-13-5-11(15(18)19)6-17-7-13/h3-7,18-19H,1-2,8H2. The number of halogens is 1. The van der Waals surface area contributed by atoms with Gasteiger partial charge in [-0.25, -0.2) is 0 Å². The Kier molecular flexibility index (Phi) is 4.14. The van der Waals surface area contributed by atoms with Gasteiger partial charge in [-0.15, -0.1) is 0 Å². The molecule has 0 fully saturated rings. The van der Waals surface area contributed by atoms with Crippen LogP contribution in [0, 0.1) is 0 Å². The molecule has 0 spiro atoms. The van der Waals surface area contributed by atoms with Crippen molar-refractivity contribution in [2.45, 2.75) is 13.0 Å². The molecule has 3 rings (SSSR count). The Labute approximate surface area is 130 Å². The van der Waals surface area contributed by atoms with Crippen molar-refractivity contribution in [3.8, 4) is 11.5 Å². The van der Waals surface area contributed by atoms with Gasteiger partial charge in [0, 0.05) is 28.1 Å². The lowest BCUT2D eigenvalue weighted by Crippen LogP contribution is -2.30. The minimum Gasteiger partial charge on any atom is -0.493 e. The van der Waals surface area contributed by atoms with Crippen molar-refractivity contribution in [1.29, 1.82) is 0 Å². The largest absolute Gasteiger partial charge is 0.493 e. The molecular formula is C14H13BBrNO4. The summed E-state index contributed by atoms with van der Waals surface area (Å²) in [7, 11) is -1.56. The maximum absolute atomic E-state index is 9.13. The Balaban J connectivity index is 1.78. The van der Waals surface area contributed by atoms with E-state index in [2.05, 4.69) is 27.0 Å². The van der Waals surface area contributed by atoms with Crippen LogP contribution in [-0.4, -0.2) is 28.8 Å². The van der Waals surface area contributed by atoms with Crippen molar-refractivity contribution in [2.24, 2.45) is 0 Å². The van der Waals surface area contributed by atoms with E-state index in [4.69, 9.17) is 19.5 Å². The Morgan fingerprint density at radius 1 is 1.29 bits per heavy atom. The molecule has 0 saturated carbocycles. The normalized spacial score (nSPS) is 12.7. The number of rotatable bonds is 4. The van der Waals surface area contributed by atoms with E-state index in [1.165, 1.54) is 18.0 Å². The number of hydrogen-bond donors (Lipinski definition) is 2. The monoisotopic (exact) mass is 349 g/mol. The Morgan fingerprint density at radius 2 is 2.14 bits per heavy atom. The number of nitrogens with zero attached hydrogens (tertiary/aromatic N) is 1. The van der Waals surface area contributed by atoms with E-state index in [0.29, 0.717) is 24.4 Å². The molecule has 1 aliphatic rings. The van der Waals surface area contributed by atoms with Crippen LogP contribution in [0.15, 0.2) is 35.1 Å². The molecule has 0 amide bonds. The molecule has 2 heterocycles. The van der Waals surface area contributed by atoms with E-state index in [0.717, 1.165) is 22.2 Å². The molecule has 7 heteroatoms. The molecule has 0 unspecified atom stereocenters. The Bertz CT molecular complexity index is 665. The van der Waals surface area contributed by atoms with Crippen LogP contribution >= 0.6 is 15.9 Å².